The van der Waals surface area contributed by atoms with E-state index in [1.165, 1.54) is 10.4 Å². The average Bonchev–Trinajstić information content (AvgIpc) is 2.63. The Labute approximate surface area is 105 Å². The number of nitrogens with zero attached hydrogens (tertiary/aromatic N) is 2. The maximum atomic E-state index is 9.01. The SMILES string of the molecule is Cc1sc2ncnc(NCC(C)CO)c2c1C. The predicted molar refractivity (Wildman–Crippen MR) is 71.6 cm³/mol. The molecule has 0 amide bonds. The molecule has 0 saturated carbocycles. The van der Waals surface area contributed by atoms with Crippen molar-refractivity contribution in [2.45, 2.75) is 20.8 Å². The van der Waals surface area contributed by atoms with Crippen LogP contribution >= 0.6 is 11.3 Å². The van der Waals surface area contributed by atoms with Gasteiger partial charge in [0.1, 0.15) is 17.0 Å². The summed E-state index contributed by atoms with van der Waals surface area (Å²) in [4.78, 5) is 10.9. The van der Waals surface area contributed by atoms with Gasteiger partial charge in [-0.3, -0.25) is 0 Å². The van der Waals surface area contributed by atoms with E-state index in [9.17, 15) is 0 Å². The number of aryl methyl sites for hydroxylation is 2. The van der Waals surface area contributed by atoms with Gasteiger partial charge in [0.05, 0.1) is 5.39 Å². The fourth-order valence-corrected chi connectivity index (χ4v) is 2.65. The third kappa shape index (κ3) is 2.40. The van der Waals surface area contributed by atoms with Crippen molar-refractivity contribution >= 4 is 27.4 Å². The smallest absolute Gasteiger partial charge is 0.138 e. The molecule has 17 heavy (non-hydrogen) atoms. The van der Waals surface area contributed by atoms with E-state index in [-0.39, 0.29) is 12.5 Å². The van der Waals surface area contributed by atoms with Gasteiger partial charge < -0.3 is 10.4 Å². The van der Waals surface area contributed by atoms with Crippen molar-refractivity contribution in [1.29, 1.82) is 0 Å². The number of rotatable bonds is 4. The lowest BCUT2D eigenvalue weighted by atomic mass is 10.2. The molecule has 1 atom stereocenters. The summed E-state index contributed by atoms with van der Waals surface area (Å²) < 4.78 is 0. The lowest BCUT2D eigenvalue weighted by Crippen LogP contribution is -2.15. The summed E-state index contributed by atoms with van der Waals surface area (Å²) in [6, 6.07) is 0. The van der Waals surface area contributed by atoms with Crippen molar-refractivity contribution in [1.82, 2.24) is 9.97 Å². The van der Waals surface area contributed by atoms with Crippen molar-refractivity contribution in [3.05, 3.63) is 16.8 Å². The molecule has 2 heterocycles. The monoisotopic (exact) mass is 251 g/mol. The number of fused-ring (bicyclic) bond motifs is 1. The number of hydrogen-bond acceptors (Lipinski definition) is 5. The first-order valence-electron chi connectivity index (χ1n) is 5.69. The Hall–Kier alpha value is -1.20. The third-order valence-corrected chi connectivity index (χ3v) is 4.01. The maximum Gasteiger partial charge on any atom is 0.138 e. The van der Waals surface area contributed by atoms with Crippen LogP contribution in [-0.2, 0) is 0 Å². The zero-order valence-electron chi connectivity index (χ0n) is 10.3. The van der Waals surface area contributed by atoms with Crippen LogP contribution in [0.15, 0.2) is 6.33 Å². The fourth-order valence-electron chi connectivity index (χ4n) is 1.65. The van der Waals surface area contributed by atoms with Gasteiger partial charge in [-0.15, -0.1) is 11.3 Å². The van der Waals surface area contributed by atoms with Crippen LogP contribution in [-0.4, -0.2) is 28.2 Å². The minimum absolute atomic E-state index is 0.183. The Kier molecular flexibility index (Phi) is 3.59. The maximum absolute atomic E-state index is 9.01. The molecule has 2 rings (SSSR count). The van der Waals surface area contributed by atoms with Crippen molar-refractivity contribution in [3.63, 3.8) is 0 Å². The number of aliphatic hydroxyl groups excluding tert-OH is 1. The average molecular weight is 251 g/mol. The first-order chi connectivity index (χ1) is 8.13. The summed E-state index contributed by atoms with van der Waals surface area (Å²) in [6.45, 7) is 7.09. The zero-order chi connectivity index (χ0) is 12.4. The molecule has 0 bridgehead atoms. The van der Waals surface area contributed by atoms with Crippen molar-refractivity contribution < 1.29 is 5.11 Å². The van der Waals surface area contributed by atoms with Crippen LogP contribution < -0.4 is 5.32 Å². The van der Waals surface area contributed by atoms with Gasteiger partial charge in [0, 0.05) is 18.0 Å². The summed E-state index contributed by atoms with van der Waals surface area (Å²) in [5.41, 5.74) is 1.24. The molecular formula is C12H17N3OS. The van der Waals surface area contributed by atoms with Gasteiger partial charge in [0.15, 0.2) is 0 Å². The molecule has 0 aliphatic carbocycles. The lowest BCUT2D eigenvalue weighted by Gasteiger charge is -2.11. The molecule has 0 aromatic carbocycles. The molecular weight excluding hydrogens is 234 g/mol. The normalized spacial score (nSPS) is 12.9. The Balaban J connectivity index is 2.33. The summed E-state index contributed by atoms with van der Waals surface area (Å²) in [6.07, 6.45) is 1.59. The number of aliphatic hydroxyl groups is 1. The second-order valence-corrected chi connectivity index (χ2v) is 5.56. The van der Waals surface area contributed by atoms with Crippen LogP contribution in [0.3, 0.4) is 0 Å². The molecule has 0 radical (unpaired) electrons. The van der Waals surface area contributed by atoms with E-state index >= 15 is 0 Å². The Bertz CT molecular complexity index is 524. The van der Waals surface area contributed by atoms with Gasteiger partial charge >= 0.3 is 0 Å². The Morgan fingerprint density at radius 3 is 2.88 bits per heavy atom. The fraction of sp³-hybridized carbons (Fsp3) is 0.500. The van der Waals surface area contributed by atoms with Crippen LogP contribution in [0, 0.1) is 19.8 Å². The molecule has 0 saturated heterocycles. The second kappa shape index (κ2) is 4.98. The third-order valence-electron chi connectivity index (χ3n) is 2.89. The van der Waals surface area contributed by atoms with E-state index in [4.69, 9.17) is 5.11 Å². The topological polar surface area (TPSA) is 58.0 Å². The summed E-state index contributed by atoms with van der Waals surface area (Å²) >= 11 is 1.69. The second-order valence-electron chi connectivity index (χ2n) is 4.35. The molecule has 4 nitrogen and oxygen atoms in total. The number of hydrogen-bond donors (Lipinski definition) is 2. The highest BCUT2D eigenvalue weighted by molar-refractivity contribution is 7.18. The Morgan fingerprint density at radius 1 is 1.41 bits per heavy atom. The molecule has 0 aliphatic rings. The quantitative estimate of drug-likeness (QED) is 0.875. The van der Waals surface area contributed by atoms with Gasteiger partial charge in [-0.2, -0.15) is 0 Å². The van der Waals surface area contributed by atoms with Crippen LogP contribution in [0.1, 0.15) is 17.4 Å². The summed E-state index contributed by atoms with van der Waals surface area (Å²) in [7, 11) is 0. The molecule has 92 valence electrons. The standard InChI is InChI=1S/C12H17N3OS/c1-7(5-16)4-13-11-10-8(2)9(3)17-12(10)15-6-14-11/h6-7,16H,4-5H2,1-3H3,(H,13,14,15). The molecule has 2 aromatic rings. The molecule has 1 unspecified atom stereocenters. The molecule has 2 N–H and O–H groups in total. The molecule has 0 aliphatic heterocycles. The first-order valence-corrected chi connectivity index (χ1v) is 6.50. The van der Waals surface area contributed by atoms with Gasteiger partial charge in [-0.05, 0) is 25.3 Å². The van der Waals surface area contributed by atoms with Crippen LogP contribution in [0.5, 0.6) is 0 Å². The zero-order valence-corrected chi connectivity index (χ0v) is 11.1. The highest BCUT2D eigenvalue weighted by atomic mass is 32.1. The summed E-state index contributed by atoms with van der Waals surface area (Å²) in [5, 5.41) is 13.4. The van der Waals surface area contributed by atoms with Crippen LogP contribution in [0.2, 0.25) is 0 Å². The van der Waals surface area contributed by atoms with Gasteiger partial charge in [-0.25, -0.2) is 9.97 Å². The van der Waals surface area contributed by atoms with Gasteiger partial charge in [-0.1, -0.05) is 6.92 Å². The van der Waals surface area contributed by atoms with E-state index in [0.29, 0.717) is 0 Å². The van der Waals surface area contributed by atoms with E-state index in [0.717, 1.165) is 22.6 Å². The highest BCUT2D eigenvalue weighted by Crippen LogP contribution is 2.32. The number of thiophene rings is 1. The minimum Gasteiger partial charge on any atom is -0.396 e. The molecule has 5 heteroatoms. The first kappa shape index (κ1) is 12.3. The van der Waals surface area contributed by atoms with E-state index in [2.05, 4.69) is 29.1 Å². The van der Waals surface area contributed by atoms with E-state index < -0.39 is 0 Å². The van der Waals surface area contributed by atoms with Crippen LogP contribution in [0.25, 0.3) is 10.2 Å². The van der Waals surface area contributed by atoms with E-state index in [1.54, 1.807) is 17.7 Å². The van der Waals surface area contributed by atoms with E-state index in [1.807, 2.05) is 6.92 Å². The molecule has 0 fully saturated rings. The number of anilines is 1. The lowest BCUT2D eigenvalue weighted by molar-refractivity contribution is 0.244. The van der Waals surface area contributed by atoms with Gasteiger partial charge in [0.25, 0.3) is 0 Å². The Morgan fingerprint density at radius 2 is 2.18 bits per heavy atom. The number of nitrogens with one attached hydrogen (secondary N) is 1. The van der Waals surface area contributed by atoms with Crippen LogP contribution in [0.4, 0.5) is 5.82 Å². The van der Waals surface area contributed by atoms with Crippen molar-refractivity contribution in [3.8, 4) is 0 Å². The number of aromatic nitrogens is 2. The van der Waals surface area contributed by atoms with Crippen molar-refractivity contribution in [2.24, 2.45) is 5.92 Å². The molecule has 0 spiro atoms. The highest BCUT2D eigenvalue weighted by Gasteiger charge is 2.12. The van der Waals surface area contributed by atoms with Crippen molar-refractivity contribution in [2.75, 3.05) is 18.5 Å². The minimum atomic E-state index is 0.183. The summed E-state index contributed by atoms with van der Waals surface area (Å²) in [5.74, 6) is 1.09. The van der Waals surface area contributed by atoms with Gasteiger partial charge in [0.2, 0.25) is 0 Å². The predicted octanol–water partition coefficient (Wildman–Crippen LogP) is 2.35. The molecule has 2 aromatic heterocycles. The largest absolute Gasteiger partial charge is 0.396 e.